The summed E-state index contributed by atoms with van der Waals surface area (Å²) in [6.45, 7) is 1.30. The predicted octanol–water partition coefficient (Wildman–Crippen LogP) is 2.87. The van der Waals surface area contributed by atoms with Crippen LogP contribution in [0.25, 0.3) is 11.0 Å². The fraction of sp³-hybridized carbons (Fsp3) is 0.200. The Hall–Kier alpha value is -3.13. The van der Waals surface area contributed by atoms with Crippen LogP contribution < -0.4 is 5.32 Å². The highest BCUT2D eigenvalue weighted by atomic mass is 32.2. The van der Waals surface area contributed by atoms with E-state index in [2.05, 4.69) is 5.32 Å². The van der Waals surface area contributed by atoms with Gasteiger partial charge in [-0.15, -0.1) is 0 Å². The molecule has 1 aromatic heterocycles. The zero-order chi connectivity index (χ0) is 20.3. The molecule has 0 aliphatic heterocycles. The van der Waals surface area contributed by atoms with Crippen LogP contribution in [0.4, 0.5) is 0 Å². The number of benzene rings is 2. The van der Waals surface area contributed by atoms with Crippen molar-refractivity contribution in [2.45, 2.75) is 17.9 Å². The second-order valence-corrected chi connectivity index (χ2v) is 8.36. The van der Waals surface area contributed by atoms with Crippen LogP contribution in [0.3, 0.4) is 0 Å². The maximum atomic E-state index is 12.1. The maximum absolute atomic E-state index is 12.1. The number of ether oxygens (including phenoxy) is 1. The van der Waals surface area contributed by atoms with E-state index < -0.39 is 34.4 Å². The highest BCUT2D eigenvalue weighted by molar-refractivity contribution is 7.90. The summed E-state index contributed by atoms with van der Waals surface area (Å²) in [4.78, 5) is 24.2. The summed E-state index contributed by atoms with van der Waals surface area (Å²) in [7, 11) is -3.35. The molecule has 1 amide bonds. The van der Waals surface area contributed by atoms with Gasteiger partial charge in [0.2, 0.25) is 0 Å². The number of carbonyl (C=O) groups excluding carboxylic acids is 2. The van der Waals surface area contributed by atoms with Crippen LogP contribution in [0.5, 0.6) is 0 Å². The number of esters is 1. The molecule has 1 N–H and O–H groups in total. The van der Waals surface area contributed by atoms with E-state index in [1.165, 1.54) is 24.3 Å². The van der Waals surface area contributed by atoms with E-state index in [0.29, 0.717) is 5.76 Å². The molecule has 0 fully saturated rings. The number of amides is 1. The van der Waals surface area contributed by atoms with E-state index in [4.69, 9.17) is 9.15 Å². The summed E-state index contributed by atoms with van der Waals surface area (Å²) in [5.74, 6) is -0.599. The zero-order valence-electron chi connectivity index (χ0n) is 15.3. The first kappa shape index (κ1) is 19.6. The summed E-state index contributed by atoms with van der Waals surface area (Å²) in [5.41, 5.74) is 0.882. The van der Waals surface area contributed by atoms with Crippen LogP contribution >= 0.6 is 0 Å². The van der Waals surface area contributed by atoms with Gasteiger partial charge in [-0.05, 0) is 43.3 Å². The van der Waals surface area contributed by atoms with Gasteiger partial charge in [-0.25, -0.2) is 13.2 Å². The number of fused-ring (bicyclic) bond motifs is 1. The van der Waals surface area contributed by atoms with Crippen LogP contribution in [0, 0.1) is 0 Å². The fourth-order valence-corrected chi connectivity index (χ4v) is 3.25. The number of sulfone groups is 1. The zero-order valence-corrected chi connectivity index (χ0v) is 16.2. The molecule has 8 heteroatoms. The number of carbonyl (C=O) groups is 2. The molecular formula is C20H19NO6S. The lowest BCUT2D eigenvalue weighted by Crippen LogP contribution is -2.31. The van der Waals surface area contributed by atoms with Crippen molar-refractivity contribution < 1.29 is 27.2 Å². The van der Waals surface area contributed by atoms with Gasteiger partial charge >= 0.3 is 5.97 Å². The standard InChI is InChI=1S/C20H19NO6S/c1-13(18-11-15-5-3-4-6-17(15)27-18)21-19(22)12-26-20(23)14-7-9-16(10-8-14)28(2,24)25/h3-11,13H,12H2,1-2H3,(H,21,22)/t13-/m0/s1. The van der Waals surface area contributed by atoms with Gasteiger partial charge < -0.3 is 14.5 Å². The number of para-hydroxylation sites is 1. The molecule has 3 aromatic rings. The Labute approximate surface area is 162 Å². The van der Waals surface area contributed by atoms with Gasteiger partial charge in [0.05, 0.1) is 16.5 Å². The van der Waals surface area contributed by atoms with E-state index in [9.17, 15) is 18.0 Å². The smallest absolute Gasteiger partial charge is 0.338 e. The third kappa shape index (κ3) is 4.58. The van der Waals surface area contributed by atoms with Crippen molar-refractivity contribution in [3.05, 3.63) is 65.9 Å². The van der Waals surface area contributed by atoms with Crippen molar-refractivity contribution in [1.82, 2.24) is 5.32 Å². The molecule has 0 saturated heterocycles. The average molecular weight is 401 g/mol. The van der Waals surface area contributed by atoms with Gasteiger partial charge in [-0.1, -0.05) is 18.2 Å². The van der Waals surface area contributed by atoms with E-state index in [1.807, 2.05) is 30.3 Å². The van der Waals surface area contributed by atoms with Crippen molar-refractivity contribution in [1.29, 1.82) is 0 Å². The number of nitrogens with one attached hydrogen (secondary N) is 1. The SMILES string of the molecule is C[C@H](NC(=O)COC(=O)c1ccc(S(C)(=O)=O)cc1)c1cc2ccccc2o1. The van der Waals surface area contributed by atoms with Crippen LogP contribution in [-0.4, -0.2) is 33.2 Å². The van der Waals surface area contributed by atoms with Crippen LogP contribution in [0.1, 0.15) is 29.1 Å². The molecule has 0 aliphatic rings. The Morgan fingerprint density at radius 2 is 1.79 bits per heavy atom. The molecule has 7 nitrogen and oxygen atoms in total. The topological polar surface area (TPSA) is 103 Å². The molecule has 0 spiro atoms. The number of rotatable bonds is 6. The molecule has 146 valence electrons. The third-order valence-corrected chi connectivity index (χ3v) is 5.23. The molecule has 2 aromatic carbocycles. The average Bonchev–Trinajstić information content (AvgIpc) is 3.10. The molecular weight excluding hydrogens is 382 g/mol. The van der Waals surface area contributed by atoms with Crippen molar-refractivity contribution in [2.75, 3.05) is 12.9 Å². The summed E-state index contributed by atoms with van der Waals surface area (Å²) < 4.78 is 33.5. The third-order valence-electron chi connectivity index (χ3n) is 4.10. The molecule has 1 atom stereocenters. The normalized spacial score (nSPS) is 12.5. The van der Waals surface area contributed by atoms with E-state index in [1.54, 1.807) is 6.92 Å². The molecule has 0 unspecified atom stereocenters. The lowest BCUT2D eigenvalue weighted by atomic mass is 10.2. The van der Waals surface area contributed by atoms with Gasteiger partial charge in [-0.3, -0.25) is 4.79 Å². The van der Waals surface area contributed by atoms with Gasteiger partial charge in [-0.2, -0.15) is 0 Å². The first-order chi connectivity index (χ1) is 13.2. The van der Waals surface area contributed by atoms with Gasteiger partial charge in [0.15, 0.2) is 16.4 Å². The molecule has 1 heterocycles. The minimum atomic E-state index is -3.35. The van der Waals surface area contributed by atoms with E-state index >= 15 is 0 Å². The van der Waals surface area contributed by atoms with Crippen molar-refractivity contribution >= 4 is 32.7 Å². The van der Waals surface area contributed by atoms with Crippen molar-refractivity contribution in [2.24, 2.45) is 0 Å². The molecule has 0 aliphatic carbocycles. The summed E-state index contributed by atoms with van der Waals surface area (Å²) >= 11 is 0. The number of hydrogen-bond acceptors (Lipinski definition) is 6. The number of hydrogen-bond donors (Lipinski definition) is 1. The summed E-state index contributed by atoms with van der Waals surface area (Å²) in [5, 5.41) is 3.64. The Kier molecular flexibility index (Phi) is 5.51. The molecule has 28 heavy (non-hydrogen) atoms. The quantitative estimate of drug-likeness (QED) is 0.637. The molecule has 0 radical (unpaired) electrons. The van der Waals surface area contributed by atoms with Gasteiger partial charge in [0.25, 0.3) is 5.91 Å². The minimum absolute atomic E-state index is 0.0986. The highest BCUT2D eigenvalue weighted by Crippen LogP contribution is 2.23. The summed E-state index contributed by atoms with van der Waals surface area (Å²) in [6.07, 6.45) is 1.08. The Morgan fingerprint density at radius 3 is 2.43 bits per heavy atom. The van der Waals surface area contributed by atoms with Crippen molar-refractivity contribution in [3.8, 4) is 0 Å². The molecule has 3 rings (SSSR count). The van der Waals surface area contributed by atoms with Crippen LogP contribution in [0.2, 0.25) is 0 Å². The van der Waals surface area contributed by atoms with Gasteiger partial charge in [0, 0.05) is 11.6 Å². The van der Waals surface area contributed by atoms with Crippen LogP contribution in [-0.2, 0) is 19.4 Å². The second kappa shape index (κ2) is 7.85. The largest absolute Gasteiger partial charge is 0.459 e. The predicted molar refractivity (Wildman–Crippen MR) is 103 cm³/mol. The Bertz CT molecular complexity index is 1080. The van der Waals surface area contributed by atoms with Crippen LogP contribution in [0.15, 0.2) is 63.9 Å². The number of furan rings is 1. The summed E-state index contributed by atoms with van der Waals surface area (Å²) in [6, 6.07) is 14.3. The van der Waals surface area contributed by atoms with E-state index in [0.717, 1.165) is 17.2 Å². The van der Waals surface area contributed by atoms with E-state index in [-0.39, 0.29) is 10.5 Å². The second-order valence-electron chi connectivity index (χ2n) is 6.35. The first-order valence-electron chi connectivity index (χ1n) is 8.49. The lowest BCUT2D eigenvalue weighted by Gasteiger charge is -2.11. The monoisotopic (exact) mass is 401 g/mol. The molecule has 0 bridgehead atoms. The highest BCUT2D eigenvalue weighted by Gasteiger charge is 2.16. The van der Waals surface area contributed by atoms with Crippen molar-refractivity contribution in [3.63, 3.8) is 0 Å². The maximum Gasteiger partial charge on any atom is 0.338 e. The molecule has 0 saturated carbocycles. The Morgan fingerprint density at radius 1 is 1.11 bits per heavy atom. The lowest BCUT2D eigenvalue weighted by molar-refractivity contribution is -0.125. The van der Waals surface area contributed by atoms with Gasteiger partial charge in [0.1, 0.15) is 11.3 Å². The minimum Gasteiger partial charge on any atom is -0.459 e. The fourth-order valence-electron chi connectivity index (χ4n) is 2.62. The first-order valence-corrected chi connectivity index (χ1v) is 10.4. The Balaban J connectivity index is 1.55.